The van der Waals surface area contributed by atoms with Crippen molar-refractivity contribution < 1.29 is 33.0 Å². The van der Waals surface area contributed by atoms with Crippen LogP contribution in [0.2, 0.25) is 0 Å². The van der Waals surface area contributed by atoms with Gasteiger partial charge in [-0.25, -0.2) is 13.6 Å². The van der Waals surface area contributed by atoms with Gasteiger partial charge in [0.25, 0.3) is 0 Å². The van der Waals surface area contributed by atoms with Crippen LogP contribution in [0.1, 0.15) is 20.7 Å². The molecule has 6 nitrogen and oxygen atoms in total. The van der Waals surface area contributed by atoms with Gasteiger partial charge in [0, 0.05) is 6.07 Å². The molecule has 0 spiro atoms. The summed E-state index contributed by atoms with van der Waals surface area (Å²) < 4.78 is 37.2. The SMILES string of the molecule is NC(=O)c1cc(Oc2ccc(F)cc2)cc(Oc2ccc(F)cc2)c1C(=O)O. The van der Waals surface area contributed by atoms with Crippen LogP contribution in [0.15, 0.2) is 60.7 Å². The summed E-state index contributed by atoms with van der Waals surface area (Å²) in [7, 11) is 0. The van der Waals surface area contributed by atoms with Gasteiger partial charge in [0.1, 0.15) is 40.2 Å². The number of primary amides is 1. The van der Waals surface area contributed by atoms with Gasteiger partial charge in [0.05, 0.1) is 5.56 Å². The summed E-state index contributed by atoms with van der Waals surface area (Å²) in [5.41, 5.74) is 4.49. The van der Waals surface area contributed by atoms with E-state index in [1.54, 1.807) is 0 Å². The number of hydrogen-bond donors (Lipinski definition) is 2. The molecule has 0 atom stereocenters. The molecule has 142 valence electrons. The topological polar surface area (TPSA) is 98.9 Å². The van der Waals surface area contributed by atoms with Crippen LogP contribution in [0.3, 0.4) is 0 Å². The fourth-order valence-corrected chi connectivity index (χ4v) is 2.41. The lowest BCUT2D eigenvalue weighted by Crippen LogP contribution is -2.17. The van der Waals surface area contributed by atoms with Crippen molar-refractivity contribution in [1.29, 1.82) is 0 Å². The Balaban J connectivity index is 2.07. The summed E-state index contributed by atoms with van der Waals surface area (Å²) in [5, 5.41) is 9.50. The second-order valence-corrected chi connectivity index (χ2v) is 5.63. The third-order valence-corrected chi connectivity index (χ3v) is 3.65. The van der Waals surface area contributed by atoms with E-state index >= 15 is 0 Å². The minimum Gasteiger partial charge on any atom is -0.478 e. The molecule has 0 saturated carbocycles. The van der Waals surface area contributed by atoms with Gasteiger partial charge in [0.2, 0.25) is 5.91 Å². The molecule has 8 heteroatoms. The fraction of sp³-hybridized carbons (Fsp3) is 0. The Bertz CT molecular complexity index is 1030. The first-order chi connectivity index (χ1) is 13.3. The van der Waals surface area contributed by atoms with Gasteiger partial charge < -0.3 is 20.3 Å². The van der Waals surface area contributed by atoms with E-state index < -0.39 is 29.1 Å². The summed E-state index contributed by atoms with van der Waals surface area (Å²) in [5.74, 6) is -3.23. The third-order valence-electron chi connectivity index (χ3n) is 3.65. The highest BCUT2D eigenvalue weighted by Gasteiger charge is 2.23. The lowest BCUT2D eigenvalue weighted by atomic mass is 10.0. The molecule has 0 bridgehead atoms. The van der Waals surface area contributed by atoms with Gasteiger partial charge in [0.15, 0.2) is 0 Å². The van der Waals surface area contributed by atoms with Gasteiger partial charge in [-0.1, -0.05) is 0 Å². The minimum atomic E-state index is -1.45. The van der Waals surface area contributed by atoms with Crippen molar-refractivity contribution in [2.45, 2.75) is 0 Å². The quantitative estimate of drug-likeness (QED) is 0.657. The van der Waals surface area contributed by atoms with Crippen LogP contribution in [0.5, 0.6) is 23.0 Å². The Labute approximate surface area is 157 Å². The second-order valence-electron chi connectivity index (χ2n) is 5.63. The lowest BCUT2D eigenvalue weighted by Gasteiger charge is -2.14. The Morgan fingerprint density at radius 2 is 1.29 bits per heavy atom. The number of carbonyl (C=O) groups excluding carboxylic acids is 1. The maximum atomic E-state index is 13.1. The molecule has 0 aliphatic carbocycles. The Morgan fingerprint density at radius 1 is 0.786 bits per heavy atom. The van der Waals surface area contributed by atoms with Crippen LogP contribution >= 0.6 is 0 Å². The van der Waals surface area contributed by atoms with Crippen LogP contribution in [-0.4, -0.2) is 17.0 Å². The number of amides is 1. The smallest absolute Gasteiger partial charge is 0.340 e. The molecule has 3 rings (SSSR count). The van der Waals surface area contributed by atoms with E-state index in [1.165, 1.54) is 42.5 Å². The molecule has 0 aromatic heterocycles. The summed E-state index contributed by atoms with van der Waals surface area (Å²) >= 11 is 0. The molecular weight excluding hydrogens is 372 g/mol. The number of aromatic carboxylic acids is 1. The first-order valence-electron chi connectivity index (χ1n) is 7.91. The molecular formula is C20H13F2NO5. The zero-order chi connectivity index (χ0) is 20.3. The maximum absolute atomic E-state index is 13.1. The van der Waals surface area contributed by atoms with Crippen LogP contribution in [0.25, 0.3) is 0 Å². The van der Waals surface area contributed by atoms with Crippen molar-refractivity contribution in [2.24, 2.45) is 5.73 Å². The van der Waals surface area contributed by atoms with Crippen LogP contribution < -0.4 is 15.2 Å². The van der Waals surface area contributed by atoms with Crippen LogP contribution in [-0.2, 0) is 0 Å². The van der Waals surface area contributed by atoms with Gasteiger partial charge in [-0.2, -0.15) is 0 Å². The molecule has 0 unspecified atom stereocenters. The van der Waals surface area contributed by atoms with E-state index in [-0.39, 0.29) is 28.6 Å². The monoisotopic (exact) mass is 385 g/mol. The molecule has 3 N–H and O–H groups in total. The molecule has 0 saturated heterocycles. The molecule has 1 amide bonds. The number of hydrogen-bond acceptors (Lipinski definition) is 4. The van der Waals surface area contributed by atoms with Gasteiger partial charge in [-0.3, -0.25) is 4.79 Å². The third kappa shape index (κ3) is 4.24. The van der Waals surface area contributed by atoms with Crippen molar-refractivity contribution in [3.05, 3.63) is 83.4 Å². The highest BCUT2D eigenvalue weighted by molar-refractivity contribution is 6.06. The number of ether oxygens (including phenoxy) is 2. The lowest BCUT2D eigenvalue weighted by molar-refractivity contribution is 0.0689. The largest absolute Gasteiger partial charge is 0.478 e. The summed E-state index contributed by atoms with van der Waals surface area (Å²) in [6.07, 6.45) is 0. The van der Waals surface area contributed by atoms with E-state index in [0.717, 1.165) is 18.2 Å². The zero-order valence-corrected chi connectivity index (χ0v) is 14.2. The summed E-state index contributed by atoms with van der Waals surface area (Å²) in [4.78, 5) is 23.4. The van der Waals surface area contributed by atoms with E-state index in [0.29, 0.717) is 0 Å². The predicted octanol–water partition coefficient (Wildman–Crippen LogP) is 4.35. The first-order valence-corrected chi connectivity index (χ1v) is 7.91. The molecule has 0 aliphatic rings. The van der Waals surface area contributed by atoms with E-state index in [1.807, 2.05) is 0 Å². The van der Waals surface area contributed by atoms with E-state index in [2.05, 4.69) is 0 Å². The van der Waals surface area contributed by atoms with E-state index in [4.69, 9.17) is 15.2 Å². The average molecular weight is 385 g/mol. The molecule has 0 radical (unpaired) electrons. The van der Waals surface area contributed by atoms with Crippen molar-refractivity contribution in [3.8, 4) is 23.0 Å². The van der Waals surface area contributed by atoms with E-state index in [9.17, 15) is 23.5 Å². The van der Waals surface area contributed by atoms with Crippen molar-refractivity contribution in [1.82, 2.24) is 0 Å². The highest BCUT2D eigenvalue weighted by Crippen LogP contribution is 2.34. The normalized spacial score (nSPS) is 10.4. The Hall–Kier alpha value is -3.94. The molecule has 3 aromatic carbocycles. The highest BCUT2D eigenvalue weighted by atomic mass is 19.1. The predicted molar refractivity (Wildman–Crippen MR) is 94.9 cm³/mol. The number of halogens is 2. The standard InChI is InChI=1S/C20H13F2NO5/c21-11-1-5-13(6-2-11)27-15-9-16(19(23)24)18(20(25)26)17(10-15)28-14-7-3-12(22)4-8-14/h1-10H,(H2,23,24)(H,25,26). The Morgan fingerprint density at radius 3 is 1.75 bits per heavy atom. The zero-order valence-electron chi connectivity index (χ0n) is 14.2. The Kier molecular flexibility index (Phi) is 5.21. The fourth-order valence-electron chi connectivity index (χ4n) is 2.41. The average Bonchev–Trinajstić information content (AvgIpc) is 2.65. The van der Waals surface area contributed by atoms with Gasteiger partial charge in [-0.15, -0.1) is 0 Å². The van der Waals surface area contributed by atoms with Crippen molar-refractivity contribution in [3.63, 3.8) is 0 Å². The van der Waals surface area contributed by atoms with Crippen molar-refractivity contribution in [2.75, 3.05) is 0 Å². The number of benzene rings is 3. The summed E-state index contributed by atoms with van der Waals surface area (Å²) in [6.45, 7) is 0. The van der Waals surface area contributed by atoms with Crippen LogP contribution in [0, 0.1) is 11.6 Å². The molecule has 0 fully saturated rings. The first kappa shape index (κ1) is 18.8. The molecule has 0 heterocycles. The second kappa shape index (κ2) is 7.75. The number of carbonyl (C=O) groups is 2. The van der Waals surface area contributed by atoms with Crippen molar-refractivity contribution >= 4 is 11.9 Å². The number of carboxylic acids is 1. The van der Waals surface area contributed by atoms with Gasteiger partial charge in [-0.05, 0) is 54.6 Å². The van der Waals surface area contributed by atoms with Crippen LogP contribution in [0.4, 0.5) is 8.78 Å². The molecule has 0 aliphatic heterocycles. The number of carboxylic acid groups (broad SMARTS) is 1. The number of nitrogens with two attached hydrogens (primary N) is 1. The maximum Gasteiger partial charge on any atom is 0.340 e. The number of rotatable bonds is 6. The molecule has 28 heavy (non-hydrogen) atoms. The molecule has 3 aromatic rings. The van der Waals surface area contributed by atoms with Gasteiger partial charge >= 0.3 is 5.97 Å². The summed E-state index contributed by atoms with van der Waals surface area (Å²) in [6, 6.07) is 12.3. The minimum absolute atomic E-state index is 0.0440.